The minimum absolute atomic E-state index is 0.0464. The summed E-state index contributed by atoms with van der Waals surface area (Å²) in [6.45, 7) is 2.11. The molecule has 23 heavy (non-hydrogen) atoms. The molecule has 1 atom stereocenters. The van der Waals surface area contributed by atoms with E-state index in [9.17, 15) is 4.79 Å². The van der Waals surface area contributed by atoms with Crippen molar-refractivity contribution in [2.24, 2.45) is 0 Å². The van der Waals surface area contributed by atoms with Crippen LogP contribution in [0.15, 0.2) is 72.1 Å². The number of amides is 1. The highest BCUT2D eigenvalue weighted by Crippen LogP contribution is 2.26. The molecule has 3 rings (SSSR count). The van der Waals surface area contributed by atoms with Crippen LogP contribution in [0.4, 0.5) is 0 Å². The van der Waals surface area contributed by atoms with Gasteiger partial charge in [0.05, 0.1) is 6.04 Å². The van der Waals surface area contributed by atoms with Gasteiger partial charge in [-0.25, -0.2) is 0 Å². The van der Waals surface area contributed by atoms with E-state index in [1.807, 2.05) is 66.0 Å². The van der Waals surface area contributed by atoms with Crippen LogP contribution in [-0.4, -0.2) is 5.91 Å². The van der Waals surface area contributed by atoms with Gasteiger partial charge >= 0.3 is 0 Å². The Morgan fingerprint density at radius 1 is 1.00 bits per heavy atom. The van der Waals surface area contributed by atoms with Gasteiger partial charge in [-0.3, -0.25) is 4.79 Å². The van der Waals surface area contributed by atoms with E-state index < -0.39 is 0 Å². The number of aryl methyl sites for hydroxylation is 1. The highest BCUT2D eigenvalue weighted by Gasteiger charge is 2.18. The molecule has 1 amide bonds. The summed E-state index contributed by atoms with van der Waals surface area (Å²) in [5, 5.41) is 5.20. The third-order valence-electron chi connectivity index (χ3n) is 3.86. The van der Waals surface area contributed by atoms with Crippen molar-refractivity contribution in [2.45, 2.75) is 19.4 Å². The summed E-state index contributed by atoms with van der Waals surface area (Å²) >= 11 is 1.65. The van der Waals surface area contributed by atoms with Crippen molar-refractivity contribution in [2.75, 3.05) is 0 Å². The molecule has 116 valence electrons. The SMILES string of the molecule is CCc1ccc(C(=O)N[C@@H](c2ccccc2)c2cccs2)cc1. The van der Waals surface area contributed by atoms with Crippen LogP contribution in [0.1, 0.15) is 39.3 Å². The molecule has 0 saturated carbocycles. The number of benzene rings is 2. The molecule has 0 radical (unpaired) electrons. The topological polar surface area (TPSA) is 29.1 Å². The molecule has 1 aromatic heterocycles. The van der Waals surface area contributed by atoms with Crippen LogP contribution < -0.4 is 5.32 Å². The molecule has 3 heteroatoms. The lowest BCUT2D eigenvalue weighted by Crippen LogP contribution is -2.28. The van der Waals surface area contributed by atoms with Gasteiger partial charge in [-0.1, -0.05) is 55.5 Å². The second kappa shape index (κ2) is 7.25. The van der Waals surface area contributed by atoms with Gasteiger partial charge in [-0.15, -0.1) is 11.3 Å². The minimum atomic E-state index is -0.116. The second-order valence-corrected chi connectivity index (χ2v) is 6.36. The minimum Gasteiger partial charge on any atom is -0.340 e. The van der Waals surface area contributed by atoms with E-state index >= 15 is 0 Å². The fourth-order valence-electron chi connectivity index (χ4n) is 2.53. The van der Waals surface area contributed by atoms with Crippen molar-refractivity contribution >= 4 is 17.2 Å². The highest BCUT2D eigenvalue weighted by molar-refractivity contribution is 7.10. The van der Waals surface area contributed by atoms with Crippen molar-refractivity contribution in [3.63, 3.8) is 0 Å². The number of hydrogen-bond acceptors (Lipinski definition) is 2. The standard InChI is InChI=1S/C20H19NOS/c1-2-15-10-12-17(13-11-15)20(22)21-19(18-9-6-14-23-18)16-7-4-3-5-8-16/h3-14,19H,2H2,1H3,(H,21,22)/t19-/m0/s1. The molecular formula is C20H19NOS. The third-order valence-corrected chi connectivity index (χ3v) is 4.80. The number of carbonyl (C=O) groups excluding carboxylic acids is 1. The average molecular weight is 321 g/mol. The lowest BCUT2D eigenvalue weighted by atomic mass is 10.0. The smallest absolute Gasteiger partial charge is 0.252 e. The average Bonchev–Trinajstić information content (AvgIpc) is 3.14. The van der Waals surface area contributed by atoms with E-state index in [1.54, 1.807) is 11.3 Å². The highest BCUT2D eigenvalue weighted by atomic mass is 32.1. The molecule has 0 unspecified atom stereocenters. The molecule has 2 aromatic carbocycles. The van der Waals surface area contributed by atoms with Crippen molar-refractivity contribution in [1.82, 2.24) is 5.32 Å². The zero-order valence-electron chi connectivity index (χ0n) is 13.0. The molecule has 0 saturated heterocycles. The Morgan fingerprint density at radius 3 is 2.35 bits per heavy atom. The summed E-state index contributed by atoms with van der Waals surface area (Å²) in [4.78, 5) is 13.8. The Morgan fingerprint density at radius 2 is 1.74 bits per heavy atom. The van der Waals surface area contributed by atoms with Crippen molar-refractivity contribution in [3.05, 3.63) is 93.7 Å². The lowest BCUT2D eigenvalue weighted by molar-refractivity contribution is 0.0943. The Bertz CT molecular complexity index is 748. The first-order valence-corrected chi connectivity index (χ1v) is 8.64. The first-order chi connectivity index (χ1) is 11.3. The van der Waals surface area contributed by atoms with Crippen LogP contribution in [0.3, 0.4) is 0 Å². The van der Waals surface area contributed by atoms with Crippen molar-refractivity contribution < 1.29 is 4.79 Å². The summed E-state index contributed by atoms with van der Waals surface area (Å²) in [6, 6.07) is 21.8. The van der Waals surface area contributed by atoms with Crippen LogP contribution in [0, 0.1) is 0 Å². The zero-order chi connectivity index (χ0) is 16.1. The first kappa shape index (κ1) is 15.5. The monoisotopic (exact) mass is 321 g/mol. The van der Waals surface area contributed by atoms with Crippen LogP contribution in [0.2, 0.25) is 0 Å². The number of hydrogen-bond donors (Lipinski definition) is 1. The molecule has 0 spiro atoms. The van der Waals surface area contributed by atoms with Gasteiger partial charge in [-0.2, -0.15) is 0 Å². The van der Waals surface area contributed by atoms with Gasteiger partial charge in [0, 0.05) is 10.4 Å². The molecular weight excluding hydrogens is 302 g/mol. The normalized spacial score (nSPS) is 11.9. The molecule has 0 bridgehead atoms. The third kappa shape index (κ3) is 3.69. The van der Waals surface area contributed by atoms with Gasteiger partial charge in [0.1, 0.15) is 0 Å². The molecule has 1 N–H and O–H groups in total. The molecule has 0 aliphatic heterocycles. The van der Waals surface area contributed by atoms with E-state index in [2.05, 4.69) is 18.3 Å². The van der Waals surface area contributed by atoms with E-state index in [-0.39, 0.29) is 11.9 Å². The van der Waals surface area contributed by atoms with E-state index in [1.165, 1.54) is 5.56 Å². The zero-order valence-corrected chi connectivity index (χ0v) is 13.8. The van der Waals surface area contributed by atoms with E-state index in [0.717, 1.165) is 16.9 Å². The molecule has 0 fully saturated rings. The van der Waals surface area contributed by atoms with E-state index in [4.69, 9.17) is 0 Å². The Balaban J connectivity index is 1.85. The Kier molecular flexibility index (Phi) is 4.89. The summed E-state index contributed by atoms with van der Waals surface area (Å²) < 4.78 is 0. The van der Waals surface area contributed by atoms with Gasteiger partial charge in [0.15, 0.2) is 0 Å². The maximum absolute atomic E-state index is 12.6. The number of thiophene rings is 1. The molecule has 1 heterocycles. The summed E-state index contributed by atoms with van der Waals surface area (Å²) in [7, 11) is 0. The van der Waals surface area contributed by atoms with Crippen LogP contribution >= 0.6 is 11.3 Å². The maximum Gasteiger partial charge on any atom is 0.252 e. The number of carbonyl (C=O) groups is 1. The van der Waals surface area contributed by atoms with Gasteiger partial charge < -0.3 is 5.32 Å². The number of rotatable bonds is 5. The number of nitrogens with one attached hydrogen (secondary N) is 1. The predicted octanol–water partition coefficient (Wildman–Crippen LogP) is 4.83. The fraction of sp³-hybridized carbons (Fsp3) is 0.150. The van der Waals surface area contributed by atoms with Gasteiger partial charge in [-0.05, 0) is 41.1 Å². The summed E-state index contributed by atoms with van der Waals surface area (Å²) in [6.07, 6.45) is 0.976. The van der Waals surface area contributed by atoms with Gasteiger partial charge in [0.2, 0.25) is 0 Å². The first-order valence-electron chi connectivity index (χ1n) is 7.76. The van der Waals surface area contributed by atoms with E-state index in [0.29, 0.717) is 5.56 Å². The van der Waals surface area contributed by atoms with Crippen molar-refractivity contribution in [3.8, 4) is 0 Å². The van der Waals surface area contributed by atoms with Crippen LogP contribution in [0.5, 0.6) is 0 Å². The fourth-order valence-corrected chi connectivity index (χ4v) is 3.33. The molecule has 2 nitrogen and oxygen atoms in total. The molecule has 0 aliphatic carbocycles. The summed E-state index contributed by atoms with van der Waals surface area (Å²) in [5.74, 6) is -0.0464. The second-order valence-electron chi connectivity index (χ2n) is 5.38. The van der Waals surface area contributed by atoms with Crippen LogP contribution in [-0.2, 0) is 6.42 Å². The predicted molar refractivity (Wildman–Crippen MR) is 95.9 cm³/mol. The molecule has 3 aromatic rings. The Labute approximate surface area is 140 Å². The van der Waals surface area contributed by atoms with Gasteiger partial charge in [0.25, 0.3) is 5.91 Å². The van der Waals surface area contributed by atoms with Crippen molar-refractivity contribution in [1.29, 1.82) is 0 Å². The maximum atomic E-state index is 12.6. The summed E-state index contributed by atoms with van der Waals surface area (Å²) in [5.41, 5.74) is 3.02. The van der Waals surface area contributed by atoms with Crippen LogP contribution in [0.25, 0.3) is 0 Å². The Hall–Kier alpha value is -2.39. The lowest BCUT2D eigenvalue weighted by Gasteiger charge is -2.18. The molecule has 0 aliphatic rings. The largest absolute Gasteiger partial charge is 0.340 e. The quantitative estimate of drug-likeness (QED) is 0.716.